The van der Waals surface area contributed by atoms with Crippen LogP contribution < -0.4 is 10.1 Å². The Morgan fingerprint density at radius 1 is 1.60 bits per heavy atom. The van der Waals surface area contributed by atoms with Crippen LogP contribution in [0.1, 0.15) is 32.6 Å². The molecule has 1 amide bonds. The molecular formula is C14H19BrN2O3. The number of amides is 1. The van der Waals surface area contributed by atoms with Gasteiger partial charge in [-0.2, -0.15) is 0 Å². The number of aromatic nitrogens is 1. The van der Waals surface area contributed by atoms with E-state index in [1.807, 2.05) is 6.92 Å². The molecule has 6 heteroatoms. The van der Waals surface area contributed by atoms with Crippen molar-refractivity contribution in [2.45, 2.75) is 38.2 Å². The highest BCUT2D eigenvalue weighted by Gasteiger charge is 2.48. The molecule has 110 valence electrons. The van der Waals surface area contributed by atoms with E-state index in [1.165, 1.54) is 7.11 Å². The van der Waals surface area contributed by atoms with Crippen molar-refractivity contribution < 1.29 is 14.6 Å². The van der Waals surface area contributed by atoms with E-state index in [1.54, 1.807) is 12.1 Å². The molecule has 2 N–H and O–H groups in total. The van der Waals surface area contributed by atoms with Gasteiger partial charge < -0.3 is 15.2 Å². The van der Waals surface area contributed by atoms with E-state index in [2.05, 4.69) is 26.2 Å². The van der Waals surface area contributed by atoms with Crippen molar-refractivity contribution in [2.24, 2.45) is 5.92 Å². The molecule has 1 aromatic rings. The van der Waals surface area contributed by atoms with Crippen LogP contribution in [0.25, 0.3) is 0 Å². The fraction of sp³-hybridized carbons (Fsp3) is 0.571. The van der Waals surface area contributed by atoms with Gasteiger partial charge in [-0.1, -0.05) is 13.3 Å². The summed E-state index contributed by atoms with van der Waals surface area (Å²) in [7, 11) is 1.51. The Morgan fingerprint density at radius 2 is 2.30 bits per heavy atom. The Hall–Kier alpha value is -1.14. The molecule has 1 heterocycles. The van der Waals surface area contributed by atoms with Crippen molar-refractivity contribution in [1.82, 2.24) is 4.98 Å². The van der Waals surface area contributed by atoms with Crippen LogP contribution in [0.15, 0.2) is 16.7 Å². The first-order valence-electron chi connectivity index (χ1n) is 6.75. The van der Waals surface area contributed by atoms with E-state index in [9.17, 15) is 9.90 Å². The quantitative estimate of drug-likeness (QED) is 0.779. The van der Waals surface area contributed by atoms with Crippen molar-refractivity contribution in [3.8, 4) is 5.88 Å². The summed E-state index contributed by atoms with van der Waals surface area (Å²) in [5, 5.41) is 13.4. The molecule has 0 spiro atoms. The number of hydrogen-bond acceptors (Lipinski definition) is 4. The Kier molecular flexibility index (Phi) is 4.65. The molecular weight excluding hydrogens is 324 g/mol. The number of pyridine rings is 1. The minimum Gasteiger partial charge on any atom is -0.481 e. The van der Waals surface area contributed by atoms with Gasteiger partial charge in [-0.05, 0) is 47.2 Å². The summed E-state index contributed by atoms with van der Waals surface area (Å²) in [5.41, 5.74) is -0.707. The maximum Gasteiger partial charge on any atom is 0.256 e. The van der Waals surface area contributed by atoms with Gasteiger partial charge in [0, 0.05) is 11.8 Å². The van der Waals surface area contributed by atoms with Crippen LogP contribution >= 0.6 is 15.9 Å². The Labute approximate surface area is 126 Å². The van der Waals surface area contributed by atoms with Crippen LogP contribution in [-0.4, -0.2) is 28.7 Å². The van der Waals surface area contributed by atoms with E-state index < -0.39 is 5.60 Å². The average Bonchev–Trinajstić information content (AvgIpc) is 3.22. The monoisotopic (exact) mass is 342 g/mol. The molecule has 1 unspecified atom stereocenters. The molecule has 1 fully saturated rings. The highest BCUT2D eigenvalue weighted by atomic mass is 79.9. The third-order valence-corrected chi connectivity index (χ3v) is 3.92. The topological polar surface area (TPSA) is 71.5 Å². The molecule has 1 aromatic heterocycles. The summed E-state index contributed by atoms with van der Waals surface area (Å²) in [6.45, 7) is 1.96. The maximum atomic E-state index is 12.4. The second kappa shape index (κ2) is 6.10. The predicted molar refractivity (Wildman–Crippen MR) is 79.7 cm³/mol. The van der Waals surface area contributed by atoms with Gasteiger partial charge in [-0.3, -0.25) is 4.79 Å². The first-order chi connectivity index (χ1) is 9.49. The molecule has 1 atom stereocenters. The SMILES string of the molecule is CCCC(O)(C(=O)Nc1cc(Br)nc(OC)c1)C1CC1. The largest absolute Gasteiger partial charge is 0.481 e. The molecule has 0 saturated heterocycles. The molecule has 20 heavy (non-hydrogen) atoms. The molecule has 1 aliphatic rings. The van der Waals surface area contributed by atoms with Crippen molar-refractivity contribution in [3.63, 3.8) is 0 Å². The third kappa shape index (κ3) is 3.30. The first-order valence-corrected chi connectivity index (χ1v) is 7.54. The van der Waals surface area contributed by atoms with Crippen LogP contribution in [-0.2, 0) is 4.79 Å². The summed E-state index contributed by atoms with van der Waals surface area (Å²) in [5.74, 6) is 0.136. The van der Waals surface area contributed by atoms with Crippen molar-refractivity contribution >= 4 is 27.5 Å². The molecule has 2 rings (SSSR count). The van der Waals surface area contributed by atoms with Gasteiger partial charge in [0.2, 0.25) is 5.88 Å². The maximum absolute atomic E-state index is 12.4. The summed E-state index contributed by atoms with van der Waals surface area (Å²) in [6.07, 6.45) is 3.07. The fourth-order valence-corrected chi connectivity index (χ4v) is 2.76. The van der Waals surface area contributed by atoms with E-state index >= 15 is 0 Å². The van der Waals surface area contributed by atoms with Gasteiger partial charge in [-0.15, -0.1) is 0 Å². The van der Waals surface area contributed by atoms with Crippen LogP contribution in [0.3, 0.4) is 0 Å². The third-order valence-electron chi connectivity index (χ3n) is 3.51. The summed E-state index contributed by atoms with van der Waals surface area (Å²) < 4.78 is 5.62. The Balaban J connectivity index is 2.15. The van der Waals surface area contributed by atoms with Crippen LogP contribution in [0, 0.1) is 5.92 Å². The van der Waals surface area contributed by atoms with E-state index in [0.29, 0.717) is 22.6 Å². The Bertz CT molecular complexity index is 505. The lowest BCUT2D eigenvalue weighted by Crippen LogP contribution is -2.45. The van der Waals surface area contributed by atoms with Gasteiger partial charge in [-0.25, -0.2) is 4.98 Å². The van der Waals surface area contributed by atoms with Gasteiger partial charge in [0.05, 0.1) is 7.11 Å². The minimum absolute atomic E-state index is 0.0784. The smallest absolute Gasteiger partial charge is 0.256 e. The number of halogens is 1. The lowest BCUT2D eigenvalue weighted by molar-refractivity contribution is -0.137. The number of ether oxygens (including phenoxy) is 1. The zero-order chi connectivity index (χ0) is 14.8. The lowest BCUT2D eigenvalue weighted by atomic mass is 9.91. The molecule has 0 bridgehead atoms. The van der Waals surface area contributed by atoms with E-state index in [0.717, 1.165) is 19.3 Å². The number of nitrogens with zero attached hydrogens (tertiary/aromatic N) is 1. The van der Waals surface area contributed by atoms with Crippen molar-refractivity contribution in [2.75, 3.05) is 12.4 Å². The molecule has 0 aliphatic heterocycles. The van der Waals surface area contributed by atoms with Crippen LogP contribution in [0.2, 0.25) is 0 Å². The highest BCUT2D eigenvalue weighted by Crippen LogP contribution is 2.42. The normalized spacial score (nSPS) is 17.4. The van der Waals surface area contributed by atoms with Gasteiger partial charge in [0.25, 0.3) is 5.91 Å². The Morgan fingerprint density at radius 3 is 2.85 bits per heavy atom. The number of nitrogens with one attached hydrogen (secondary N) is 1. The van der Waals surface area contributed by atoms with E-state index in [4.69, 9.17) is 4.74 Å². The summed E-state index contributed by atoms with van der Waals surface area (Å²) in [6, 6.07) is 3.31. The van der Waals surface area contributed by atoms with Crippen LogP contribution in [0.5, 0.6) is 5.88 Å². The number of rotatable bonds is 6. The molecule has 1 aliphatic carbocycles. The number of hydrogen-bond donors (Lipinski definition) is 2. The summed E-state index contributed by atoms with van der Waals surface area (Å²) in [4.78, 5) is 16.5. The molecule has 1 saturated carbocycles. The number of anilines is 1. The number of carbonyl (C=O) groups is 1. The zero-order valence-electron chi connectivity index (χ0n) is 11.6. The van der Waals surface area contributed by atoms with Gasteiger partial charge in [0.1, 0.15) is 10.2 Å². The van der Waals surface area contributed by atoms with Crippen molar-refractivity contribution in [1.29, 1.82) is 0 Å². The molecule has 0 radical (unpaired) electrons. The second-order valence-corrected chi connectivity index (χ2v) is 5.94. The molecule has 5 nitrogen and oxygen atoms in total. The summed E-state index contributed by atoms with van der Waals surface area (Å²) >= 11 is 3.26. The first kappa shape index (κ1) is 15.3. The minimum atomic E-state index is -1.27. The number of carbonyl (C=O) groups excluding carboxylic acids is 1. The fourth-order valence-electron chi connectivity index (χ4n) is 2.33. The number of aliphatic hydroxyl groups is 1. The molecule has 0 aromatic carbocycles. The standard InChI is InChI=1S/C14H19BrN2O3/c1-3-6-14(19,9-4-5-9)13(18)16-10-7-11(15)17-12(8-10)20-2/h7-9,19H,3-6H2,1-2H3,(H,16,17,18). The lowest BCUT2D eigenvalue weighted by Gasteiger charge is -2.26. The van der Waals surface area contributed by atoms with Crippen molar-refractivity contribution in [3.05, 3.63) is 16.7 Å². The highest BCUT2D eigenvalue weighted by molar-refractivity contribution is 9.10. The number of methoxy groups -OCH3 is 1. The zero-order valence-corrected chi connectivity index (χ0v) is 13.2. The van der Waals surface area contributed by atoms with Crippen LogP contribution in [0.4, 0.5) is 5.69 Å². The van der Waals surface area contributed by atoms with E-state index in [-0.39, 0.29) is 11.8 Å². The predicted octanol–water partition coefficient (Wildman–Crippen LogP) is 2.73. The second-order valence-electron chi connectivity index (χ2n) is 5.12. The average molecular weight is 343 g/mol. The van der Waals surface area contributed by atoms with Gasteiger partial charge in [0.15, 0.2) is 0 Å². The van der Waals surface area contributed by atoms with Gasteiger partial charge >= 0.3 is 0 Å².